The molecule has 0 unspecified atom stereocenters. The molecule has 1 aromatic carbocycles. The Balaban J connectivity index is 2.90. The van der Waals surface area contributed by atoms with Crippen molar-refractivity contribution in [2.75, 3.05) is 0 Å². The molecule has 2 N–H and O–H groups in total. The van der Waals surface area contributed by atoms with Crippen LogP contribution in [0.4, 0.5) is 13.2 Å². The summed E-state index contributed by atoms with van der Waals surface area (Å²) in [5.74, 6) is -1.66. The zero-order valence-corrected chi connectivity index (χ0v) is 6.17. The molecule has 0 spiro atoms. The van der Waals surface area contributed by atoms with Crippen LogP contribution in [-0.2, 0) is 0 Å². The Kier molecular flexibility index (Phi) is 2.22. The van der Waals surface area contributed by atoms with Crippen LogP contribution in [0.15, 0.2) is 18.2 Å². The van der Waals surface area contributed by atoms with Gasteiger partial charge in [0.15, 0.2) is 0 Å². The Hall–Kier alpha value is -1.59. The fraction of sp³-hybridized carbons (Fsp3) is 0.143. The van der Waals surface area contributed by atoms with Crippen molar-refractivity contribution in [1.29, 1.82) is 0 Å². The van der Waals surface area contributed by atoms with Crippen molar-refractivity contribution in [3.8, 4) is 17.2 Å². The fourth-order valence-corrected chi connectivity index (χ4v) is 0.761. The highest BCUT2D eigenvalue weighted by Crippen LogP contribution is 2.29. The van der Waals surface area contributed by atoms with E-state index in [-0.39, 0.29) is 0 Å². The fourth-order valence-electron chi connectivity index (χ4n) is 0.761. The van der Waals surface area contributed by atoms with Gasteiger partial charge in [-0.05, 0) is 0 Å². The van der Waals surface area contributed by atoms with Crippen molar-refractivity contribution in [3.63, 3.8) is 0 Å². The minimum absolute atomic E-state index is 0.501. The van der Waals surface area contributed by atoms with Crippen LogP contribution in [0.5, 0.6) is 17.2 Å². The molecule has 1 aromatic rings. The summed E-state index contributed by atoms with van der Waals surface area (Å²) in [5, 5.41) is 17.6. The SMILES string of the molecule is Oc1cc(O)cc(OC(F)(F)F)c1. The van der Waals surface area contributed by atoms with E-state index >= 15 is 0 Å². The first-order valence-corrected chi connectivity index (χ1v) is 3.15. The normalized spacial score (nSPS) is 11.3. The van der Waals surface area contributed by atoms with E-state index in [2.05, 4.69) is 4.74 Å². The molecule has 0 saturated carbocycles. The molecule has 0 fully saturated rings. The van der Waals surface area contributed by atoms with Crippen molar-refractivity contribution >= 4 is 0 Å². The van der Waals surface area contributed by atoms with E-state index < -0.39 is 23.6 Å². The average molecular weight is 194 g/mol. The highest BCUT2D eigenvalue weighted by atomic mass is 19.4. The highest BCUT2D eigenvalue weighted by Gasteiger charge is 2.31. The van der Waals surface area contributed by atoms with Gasteiger partial charge in [-0.1, -0.05) is 0 Å². The molecule has 0 aromatic heterocycles. The van der Waals surface area contributed by atoms with Crippen LogP contribution in [-0.4, -0.2) is 16.6 Å². The van der Waals surface area contributed by atoms with Crippen molar-refractivity contribution < 1.29 is 28.1 Å². The molecule has 3 nitrogen and oxygen atoms in total. The van der Waals surface area contributed by atoms with Gasteiger partial charge in [0.1, 0.15) is 17.2 Å². The Morgan fingerprint density at radius 2 is 1.46 bits per heavy atom. The van der Waals surface area contributed by atoms with Crippen LogP contribution in [0.25, 0.3) is 0 Å². The number of phenolic OH excluding ortho intramolecular Hbond substituents is 2. The second kappa shape index (κ2) is 3.04. The van der Waals surface area contributed by atoms with Crippen molar-refractivity contribution in [2.45, 2.75) is 6.36 Å². The third kappa shape index (κ3) is 3.10. The Labute approximate surface area is 71.0 Å². The summed E-state index contributed by atoms with van der Waals surface area (Å²) in [4.78, 5) is 0. The number of rotatable bonds is 1. The molecule has 0 radical (unpaired) electrons. The second-order valence-electron chi connectivity index (χ2n) is 2.23. The molecule has 0 aliphatic heterocycles. The molecule has 0 aliphatic rings. The second-order valence-corrected chi connectivity index (χ2v) is 2.23. The average Bonchev–Trinajstić information content (AvgIpc) is 1.78. The maximum absolute atomic E-state index is 11.6. The summed E-state index contributed by atoms with van der Waals surface area (Å²) in [6.07, 6.45) is -4.83. The summed E-state index contributed by atoms with van der Waals surface area (Å²) in [6.45, 7) is 0. The predicted octanol–water partition coefficient (Wildman–Crippen LogP) is 2.00. The van der Waals surface area contributed by atoms with Crippen LogP contribution in [0.1, 0.15) is 0 Å². The first kappa shape index (κ1) is 9.50. The van der Waals surface area contributed by atoms with E-state index in [1.807, 2.05) is 0 Å². The van der Waals surface area contributed by atoms with Crippen LogP contribution >= 0.6 is 0 Å². The summed E-state index contributed by atoms with van der Waals surface area (Å²) in [7, 11) is 0. The minimum Gasteiger partial charge on any atom is -0.508 e. The molecule has 13 heavy (non-hydrogen) atoms. The maximum atomic E-state index is 11.6. The number of hydrogen-bond donors (Lipinski definition) is 2. The van der Waals surface area contributed by atoms with Gasteiger partial charge in [-0.3, -0.25) is 0 Å². The maximum Gasteiger partial charge on any atom is 0.573 e. The molecule has 0 aliphatic carbocycles. The number of halogens is 3. The topological polar surface area (TPSA) is 49.7 Å². The number of ether oxygens (including phenoxy) is 1. The van der Waals surface area contributed by atoms with Crippen LogP contribution in [0.3, 0.4) is 0 Å². The largest absolute Gasteiger partial charge is 0.573 e. The summed E-state index contributed by atoms with van der Waals surface area (Å²) >= 11 is 0. The number of alkyl halides is 3. The molecule has 1 rings (SSSR count). The summed E-state index contributed by atoms with van der Waals surface area (Å²) < 4.78 is 38.3. The lowest BCUT2D eigenvalue weighted by Crippen LogP contribution is -2.16. The highest BCUT2D eigenvalue weighted by molar-refractivity contribution is 5.40. The van der Waals surface area contributed by atoms with E-state index in [0.717, 1.165) is 18.2 Å². The molecule has 0 heterocycles. The Morgan fingerprint density at radius 1 is 1.00 bits per heavy atom. The lowest BCUT2D eigenvalue weighted by molar-refractivity contribution is -0.274. The van der Waals surface area contributed by atoms with Crippen molar-refractivity contribution in [1.82, 2.24) is 0 Å². The molecule has 0 amide bonds. The molecule has 72 valence electrons. The standard InChI is InChI=1S/C7H5F3O3/c8-7(9,10)13-6-2-4(11)1-5(12)3-6/h1-3,11-12H. The van der Waals surface area contributed by atoms with E-state index in [1.54, 1.807) is 0 Å². The van der Waals surface area contributed by atoms with E-state index in [0.29, 0.717) is 0 Å². The molecule has 0 saturated heterocycles. The summed E-state index contributed by atoms with van der Waals surface area (Å²) in [5.41, 5.74) is 0. The monoisotopic (exact) mass is 194 g/mol. The molecule has 0 atom stereocenters. The van der Waals surface area contributed by atoms with Crippen LogP contribution in [0, 0.1) is 0 Å². The Morgan fingerprint density at radius 3 is 1.85 bits per heavy atom. The van der Waals surface area contributed by atoms with Gasteiger partial charge in [0.25, 0.3) is 0 Å². The van der Waals surface area contributed by atoms with Gasteiger partial charge in [-0.15, -0.1) is 13.2 Å². The van der Waals surface area contributed by atoms with Gasteiger partial charge in [-0.2, -0.15) is 0 Å². The van der Waals surface area contributed by atoms with Gasteiger partial charge in [0.05, 0.1) is 0 Å². The zero-order valence-electron chi connectivity index (χ0n) is 6.17. The zero-order chi connectivity index (χ0) is 10.1. The number of benzene rings is 1. The number of phenols is 2. The number of hydrogen-bond acceptors (Lipinski definition) is 3. The quantitative estimate of drug-likeness (QED) is 0.718. The van der Waals surface area contributed by atoms with Gasteiger partial charge >= 0.3 is 6.36 Å². The molecular formula is C7H5F3O3. The molecule has 6 heteroatoms. The first-order valence-electron chi connectivity index (χ1n) is 3.15. The lowest BCUT2D eigenvalue weighted by atomic mass is 10.3. The van der Waals surface area contributed by atoms with E-state index in [1.165, 1.54) is 0 Å². The Bertz CT molecular complexity index is 288. The summed E-state index contributed by atoms with van der Waals surface area (Å²) in [6, 6.07) is 2.38. The minimum atomic E-state index is -4.83. The van der Waals surface area contributed by atoms with Crippen molar-refractivity contribution in [3.05, 3.63) is 18.2 Å². The van der Waals surface area contributed by atoms with E-state index in [4.69, 9.17) is 10.2 Å². The smallest absolute Gasteiger partial charge is 0.508 e. The number of aromatic hydroxyl groups is 2. The predicted molar refractivity (Wildman–Crippen MR) is 36.5 cm³/mol. The third-order valence-electron chi connectivity index (χ3n) is 1.11. The van der Waals surface area contributed by atoms with Gasteiger partial charge in [0.2, 0.25) is 0 Å². The first-order chi connectivity index (χ1) is 5.87. The lowest BCUT2D eigenvalue weighted by Gasteiger charge is -2.08. The van der Waals surface area contributed by atoms with Crippen LogP contribution < -0.4 is 4.74 Å². The van der Waals surface area contributed by atoms with Crippen molar-refractivity contribution in [2.24, 2.45) is 0 Å². The van der Waals surface area contributed by atoms with E-state index in [9.17, 15) is 13.2 Å². The third-order valence-corrected chi connectivity index (χ3v) is 1.11. The molecule has 0 bridgehead atoms. The molecular weight excluding hydrogens is 189 g/mol. The van der Waals surface area contributed by atoms with Gasteiger partial charge in [-0.25, -0.2) is 0 Å². The van der Waals surface area contributed by atoms with Crippen LogP contribution in [0.2, 0.25) is 0 Å². The van der Waals surface area contributed by atoms with Gasteiger partial charge < -0.3 is 14.9 Å². The van der Waals surface area contributed by atoms with Gasteiger partial charge in [0, 0.05) is 18.2 Å².